The number of esters is 1. The standard InChI is InChI=1S/C18H32N2O7.CO2/c1-3-5-6-7-8-9-12-27-15(21)11-10-14(17(24)25)20-18(26)19-13(4-2)16(22)23;2-1-3/h13-14H,3-12H2,1-2H3,(H,22,23)(H,24,25)(H2,19,20,26);/t13-,14-;/m0./s1. The van der Waals surface area contributed by atoms with Gasteiger partial charge in [-0.25, -0.2) is 14.4 Å². The number of rotatable bonds is 15. The van der Waals surface area contributed by atoms with Crippen molar-refractivity contribution in [3.63, 3.8) is 0 Å². The van der Waals surface area contributed by atoms with Crippen LogP contribution < -0.4 is 10.6 Å². The molecule has 11 heteroatoms. The number of unbranched alkanes of at least 4 members (excludes halogenated alkanes) is 5. The second-order valence-corrected chi connectivity index (χ2v) is 6.42. The zero-order valence-corrected chi connectivity index (χ0v) is 17.5. The van der Waals surface area contributed by atoms with E-state index in [2.05, 4.69) is 17.6 Å². The van der Waals surface area contributed by atoms with E-state index < -0.39 is 36.0 Å². The van der Waals surface area contributed by atoms with Gasteiger partial charge in [0, 0.05) is 6.42 Å². The van der Waals surface area contributed by atoms with Gasteiger partial charge in [0.05, 0.1) is 6.61 Å². The average molecular weight is 432 g/mol. The lowest BCUT2D eigenvalue weighted by molar-refractivity contribution is -0.191. The van der Waals surface area contributed by atoms with Gasteiger partial charge in [-0.1, -0.05) is 46.0 Å². The van der Waals surface area contributed by atoms with Gasteiger partial charge < -0.3 is 25.6 Å². The lowest BCUT2D eigenvalue weighted by Crippen LogP contribution is -2.51. The summed E-state index contributed by atoms with van der Waals surface area (Å²) in [5.74, 6) is -3.04. The molecule has 0 aliphatic carbocycles. The molecule has 0 aliphatic heterocycles. The fourth-order valence-corrected chi connectivity index (χ4v) is 2.36. The van der Waals surface area contributed by atoms with Gasteiger partial charge in [0.25, 0.3) is 0 Å². The van der Waals surface area contributed by atoms with Gasteiger partial charge in [0.2, 0.25) is 0 Å². The fourth-order valence-electron chi connectivity index (χ4n) is 2.36. The number of urea groups is 1. The average Bonchev–Trinajstić information content (AvgIpc) is 2.68. The van der Waals surface area contributed by atoms with E-state index in [1.807, 2.05) is 0 Å². The minimum absolute atomic E-state index is 0.137. The molecule has 172 valence electrons. The second kappa shape index (κ2) is 19.4. The highest BCUT2D eigenvalue weighted by molar-refractivity contribution is 5.86. The number of carbonyl (C=O) groups excluding carboxylic acids is 4. The molecular formula is C19H32N2O9. The summed E-state index contributed by atoms with van der Waals surface area (Å²) in [4.78, 5) is 61.8. The third-order valence-electron chi connectivity index (χ3n) is 4.01. The van der Waals surface area contributed by atoms with E-state index in [1.54, 1.807) is 6.92 Å². The molecule has 0 spiro atoms. The monoisotopic (exact) mass is 432 g/mol. The van der Waals surface area contributed by atoms with Gasteiger partial charge >= 0.3 is 30.1 Å². The van der Waals surface area contributed by atoms with Crippen LogP contribution >= 0.6 is 0 Å². The van der Waals surface area contributed by atoms with Gasteiger partial charge in [0.1, 0.15) is 12.1 Å². The molecule has 2 amide bonds. The van der Waals surface area contributed by atoms with Crippen LogP contribution in [0.3, 0.4) is 0 Å². The van der Waals surface area contributed by atoms with E-state index in [1.165, 1.54) is 19.3 Å². The molecule has 0 saturated carbocycles. The molecule has 2 atom stereocenters. The lowest BCUT2D eigenvalue weighted by Gasteiger charge is -2.17. The van der Waals surface area contributed by atoms with E-state index in [0.717, 1.165) is 19.3 Å². The van der Waals surface area contributed by atoms with Crippen LogP contribution in [0.25, 0.3) is 0 Å². The number of carboxylic acids is 2. The SMILES string of the molecule is CCCCCCCCOC(=O)CC[C@H](NC(=O)N[C@@H](CC)C(=O)O)C(=O)O.O=C=O. The summed E-state index contributed by atoms with van der Waals surface area (Å²) in [7, 11) is 0. The summed E-state index contributed by atoms with van der Waals surface area (Å²) in [5.41, 5.74) is 0. The fraction of sp³-hybridized carbons (Fsp3) is 0.737. The Kier molecular flexibility index (Phi) is 18.9. The van der Waals surface area contributed by atoms with Crippen molar-refractivity contribution < 1.29 is 43.7 Å². The Bertz CT molecular complexity index is 560. The zero-order chi connectivity index (χ0) is 23.4. The van der Waals surface area contributed by atoms with Crippen LogP contribution in [-0.2, 0) is 28.7 Å². The Labute approximate surface area is 175 Å². The maximum absolute atomic E-state index is 11.7. The number of ether oxygens (including phenoxy) is 1. The Morgan fingerprint density at radius 3 is 1.87 bits per heavy atom. The van der Waals surface area contributed by atoms with E-state index in [4.69, 9.17) is 24.5 Å². The summed E-state index contributed by atoms with van der Waals surface area (Å²) in [6, 6.07) is -3.32. The largest absolute Gasteiger partial charge is 0.480 e. The molecule has 4 N–H and O–H groups in total. The van der Waals surface area contributed by atoms with Crippen LogP contribution in [0.2, 0.25) is 0 Å². The Hall–Kier alpha value is -2.94. The number of nitrogens with one attached hydrogen (secondary N) is 2. The minimum atomic E-state index is -1.31. The third-order valence-corrected chi connectivity index (χ3v) is 4.01. The number of aliphatic carboxylic acids is 2. The van der Waals surface area contributed by atoms with Crippen LogP contribution in [0.4, 0.5) is 4.79 Å². The quantitative estimate of drug-likeness (QED) is 0.221. The van der Waals surface area contributed by atoms with Crippen molar-refractivity contribution in [3.05, 3.63) is 0 Å². The summed E-state index contributed by atoms with van der Waals surface area (Å²) in [6.07, 6.45) is 6.50. The van der Waals surface area contributed by atoms with Crippen molar-refractivity contribution >= 4 is 30.1 Å². The van der Waals surface area contributed by atoms with Crippen molar-refractivity contribution in [1.29, 1.82) is 0 Å². The first-order valence-corrected chi connectivity index (χ1v) is 9.90. The van der Waals surface area contributed by atoms with Gasteiger partial charge in [-0.2, -0.15) is 9.59 Å². The molecular weight excluding hydrogens is 400 g/mol. The lowest BCUT2D eigenvalue weighted by atomic mass is 10.1. The van der Waals surface area contributed by atoms with Crippen LogP contribution in [0, 0.1) is 0 Å². The smallest absolute Gasteiger partial charge is 0.373 e. The predicted octanol–water partition coefficient (Wildman–Crippen LogP) is 1.70. The van der Waals surface area contributed by atoms with Crippen LogP contribution in [-0.4, -0.2) is 59.0 Å². The van der Waals surface area contributed by atoms with E-state index in [9.17, 15) is 19.2 Å². The molecule has 0 aromatic heterocycles. The van der Waals surface area contributed by atoms with Crippen molar-refractivity contribution in [3.8, 4) is 0 Å². The number of carbonyl (C=O) groups is 4. The van der Waals surface area contributed by atoms with Crippen LogP contribution in [0.5, 0.6) is 0 Å². The molecule has 30 heavy (non-hydrogen) atoms. The second-order valence-electron chi connectivity index (χ2n) is 6.42. The van der Waals surface area contributed by atoms with Crippen molar-refractivity contribution in [2.75, 3.05) is 6.61 Å². The minimum Gasteiger partial charge on any atom is -0.480 e. The van der Waals surface area contributed by atoms with E-state index in [-0.39, 0.29) is 25.4 Å². The first-order valence-electron chi connectivity index (χ1n) is 9.90. The molecule has 0 aromatic rings. The Morgan fingerprint density at radius 2 is 1.37 bits per heavy atom. The molecule has 0 aliphatic rings. The first kappa shape index (κ1) is 29.3. The molecule has 0 fully saturated rings. The summed E-state index contributed by atoms with van der Waals surface area (Å²) in [5, 5.41) is 22.4. The normalized spacial score (nSPS) is 11.7. The van der Waals surface area contributed by atoms with Crippen molar-refractivity contribution in [1.82, 2.24) is 10.6 Å². The number of hydrogen-bond acceptors (Lipinski definition) is 7. The summed E-state index contributed by atoms with van der Waals surface area (Å²) >= 11 is 0. The first-order chi connectivity index (χ1) is 14.2. The van der Waals surface area contributed by atoms with Crippen molar-refractivity contribution in [2.45, 2.75) is 83.7 Å². The number of hydrogen-bond donors (Lipinski definition) is 4. The summed E-state index contributed by atoms with van der Waals surface area (Å²) in [6.45, 7) is 4.01. The topological polar surface area (TPSA) is 176 Å². The molecule has 0 heterocycles. The molecule has 0 saturated heterocycles. The molecule has 0 radical (unpaired) electrons. The third kappa shape index (κ3) is 17.2. The van der Waals surface area contributed by atoms with Gasteiger partial charge in [-0.3, -0.25) is 4.79 Å². The number of carboxylic acid groups (broad SMARTS) is 2. The molecule has 11 nitrogen and oxygen atoms in total. The molecule has 0 unspecified atom stereocenters. The molecule has 0 aromatic carbocycles. The Balaban J connectivity index is 0. The van der Waals surface area contributed by atoms with Crippen LogP contribution in [0.1, 0.15) is 71.6 Å². The highest BCUT2D eigenvalue weighted by atomic mass is 16.5. The van der Waals surface area contributed by atoms with Gasteiger partial charge in [-0.15, -0.1) is 0 Å². The zero-order valence-electron chi connectivity index (χ0n) is 17.5. The van der Waals surface area contributed by atoms with Crippen LogP contribution in [0.15, 0.2) is 0 Å². The maximum atomic E-state index is 11.7. The van der Waals surface area contributed by atoms with Gasteiger partial charge in [-0.05, 0) is 19.3 Å². The van der Waals surface area contributed by atoms with E-state index in [0.29, 0.717) is 6.61 Å². The summed E-state index contributed by atoms with van der Waals surface area (Å²) < 4.78 is 5.06. The van der Waals surface area contributed by atoms with E-state index >= 15 is 0 Å². The van der Waals surface area contributed by atoms with Crippen molar-refractivity contribution in [2.24, 2.45) is 0 Å². The highest BCUT2D eigenvalue weighted by Crippen LogP contribution is 2.06. The molecule has 0 bridgehead atoms. The Morgan fingerprint density at radius 1 is 0.867 bits per heavy atom. The van der Waals surface area contributed by atoms with Gasteiger partial charge in [0.15, 0.2) is 0 Å². The highest BCUT2D eigenvalue weighted by Gasteiger charge is 2.24. The molecule has 0 rings (SSSR count). The predicted molar refractivity (Wildman–Crippen MR) is 103 cm³/mol. The number of amides is 2. The maximum Gasteiger partial charge on any atom is 0.373 e.